The number of fused-ring (bicyclic) bond motifs is 2. The molecule has 1 aromatic carbocycles. The van der Waals surface area contributed by atoms with Gasteiger partial charge in [0.15, 0.2) is 0 Å². The lowest BCUT2D eigenvalue weighted by Crippen LogP contribution is -2.16. The molecule has 0 saturated heterocycles. The smallest absolute Gasteiger partial charge is 0.255 e. The fourth-order valence-corrected chi connectivity index (χ4v) is 3.29. The van der Waals surface area contributed by atoms with Gasteiger partial charge in [0.05, 0.1) is 11.4 Å². The van der Waals surface area contributed by atoms with Crippen molar-refractivity contribution in [3.63, 3.8) is 0 Å². The second-order valence-electron chi connectivity index (χ2n) is 5.36. The molecule has 0 saturated carbocycles. The number of amides is 1. The number of hydrogen-bond acceptors (Lipinski definition) is 4. The molecule has 0 atom stereocenters. The van der Waals surface area contributed by atoms with Crippen LogP contribution < -0.4 is 11.1 Å². The van der Waals surface area contributed by atoms with E-state index >= 15 is 0 Å². The van der Waals surface area contributed by atoms with E-state index < -0.39 is 0 Å². The maximum atomic E-state index is 12.5. The first-order chi connectivity index (χ1) is 11.2. The number of nitrogens with two attached hydrogens (primary N) is 1. The number of hydrogen-bond donors (Lipinski definition) is 2. The third-order valence-electron chi connectivity index (χ3n) is 3.74. The summed E-state index contributed by atoms with van der Waals surface area (Å²) in [6, 6.07) is 9.71. The van der Waals surface area contributed by atoms with Crippen molar-refractivity contribution in [3.05, 3.63) is 71.0 Å². The first-order valence-electron chi connectivity index (χ1n) is 7.24. The number of anilines is 2. The van der Waals surface area contributed by atoms with Crippen molar-refractivity contribution in [1.82, 2.24) is 0 Å². The number of nitrogens with one attached hydrogen (secondary N) is 1. The summed E-state index contributed by atoms with van der Waals surface area (Å²) >= 11 is 1.65. The summed E-state index contributed by atoms with van der Waals surface area (Å²) in [5.74, 6) is 1.34. The van der Waals surface area contributed by atoms with Gasteiger partial charge in [-0.1, -0.05) is 12.1 Å². The van der Waals surface area contributed by atoms with Crippen molar-refractivity contribution in [2.75, 3.05) is 11.1 Å². The zero-order valence-corrected chi connectivity index (χ0v) is 13.0. The van der Waals surface area contributed by atoms with Crippen LogP contribution in [0.25, 0.3) is 10.4 Å². The van der Waals surface area contributed by atoms with Crippen LogP contribution in [0, 0.1) is 0 Å². The normalized spacial score (nSPS) is 15.4. The first kappa shape index (κ1) is 13.8. The van der Waals surface area contributed by atoms with Crippen LogP contribution in [0.5, 0.6) is 0 Å². The Hall–Kier alpha value is -2.79. The Morgan fingerprint density at radius 1 is 1.26 bits per heavy atom. The summed E-state index contributed by atoms with van der Waals surface area (Å²) < 4.78 is 5.46. The highest BCUT2D eigenvalue weighted by atomic mass is 32.1. The lowest BCUT2D eigenvalue weighted by molar-refractivity contribution is -0.112. The summed E-state index contributed by atoms with van der Waals surface area (Å²) in [5, 5.41) is 4.92. The Kier molecular flexibility index (Phi) is 3.28. The van der Waals surface area contributed by atoms with Gasteiger partial charge >= 0.3 is 0 Å². The molecule has 3 heterocycles. The third-order valence-corrected chi connectivity index (χ3v) is 4.66. The predicted molar refractivity (Wildman–Crippen MR) is 92.7 cm³/mol. The molecule has 0 spiro atoms. The zero-order chi connectivity index (χ0) is 15.8. The van der Waals surface area contributed by atoms with Crippen LogP contribution in [0.15, 0.2) is 71.0 Å². The monoisotopic (exact) mass is 322 g/mol. The summed E-state index contributed by atoms with van der Waals surface area (Å²) in [6.45, 7) is 0. The lowest BCUT2D eigenvalue weighted by atomic mass is 10.1. The second-order valence-corrected chi connectivity index (χ2v) is 6.30. The number of nitrogen functional groups attached to an aromatic ring is 1. The predicted octanol–water partition coefficient (Wildman–Crippen LogP) is 4.06. The van der Waals surface area contributed by atoms with Crippen LogP contribution >= 0.6 is 11.3 Å². The van der Waals surface area contributed by atoms with Gasteiger partial charge in [-0.3, -0.25) is 4.79 Å². The molecule has 4 nitrogen and oxygen atoms in total. The molecule has 23 heavy (non-hydrogen) atoms. The molecule has 3 N–H and O–H groups in total. The van der Waals surface area contributed by atoms with Gasteiger partial charge in [-0.25, -0.2) is 0 Å². The Morgan fingerprint density at radius 2 is 2.17 bits per heavy atom. The zero-order valence-electron chi connectivity index (χ0n) is 12.2. The van der Waals surface area contributed by atoms with Crippen molar-refractivity contribution in [3.8, 4) is 10.4 Å². The molecular weight excluding hydrogens is 308 g/mol. The summed E-state index contributed by atoms with van der Waals surface area (Å²) in [5.41, 5.74) is 8.78. The second kappa shape index (κ2) is 5.44. The number of allylic oxidation sites excluding steroid dienone is 2. The van der Waals surface area contributed by atoms with Crippen molar-refractivity contribution in [2.24, 2.45) is 0 Å². The van der Waals surface area contributed by atoms with E-state index in [2.05, 4.69) is 5.32 Å². The fraction of sp³-hybridized carbons (Fsp3) is 0.0556. The topological polar surface area (TPSA) is 64.3 Å². The number of thiophene rings is 1. The van der Waals surface area contributed by atoms with Crippen molar-refractivity contribution < 1.29 is 9.53 Å². The van der Waals surface area contributed by atoms with Gasteiger partial charge in [0.1, 0.15) is 11.5 Å². The van der Waals surface area contributed by atoms with Crippen LogP contribution in [0.2, 0.25) is 0 Å². The van der Waals surface area contributed by atoms with Gasteiger partial charge in [-0.05, 0) is 47.4 Å². The third kappa shape index (κ3) is 2.66. The quantitative estimate of drug-likeness (QED) is 0.837. The minimum absolute atomic E-state index is 0.186. The minimum atomic E-state index is -0.186. The molecule has 0 radical (unpaired) electrons. The Labute approximate surface area is 137 Å². The van der Waals surface area contributed by atoms with Crippen LogP contribution in [0.3, 0.4) is 0 Å². The largest absolute Gasteiger partial charge is 0.462 e. The summed E-state index contributed by atoms with van der Waals surface area (Å²) in [6.07, 6.45) is 6.20. The molecule has 2 aromatic rings. The van der Waals surface area contributed by atoms with Gasteiger partial charge in [0.25, 0.3) is 5.91 Å². The van der Waals surface area contributed by atoms with E-state index in [1.165, 1.54) is 0 Å². The van der Waals surface area contributed by atoms with Gasteiger partial charge in [0, 0.05) is 16.9 Å². The number of rotatable bonds is 3. The molecule has 1 amide bonds. The Balaban J connectivity index is 1.60. The maximum Gasteiger partial charge on any atom is 0.255 e. The summed E-state index contributed by atoms with van der Waals surface area (Å²) in [7, 11) is 0. The Bertz CT molecular complexity index is 876. The van der Waals surface area contributed by atoms with Gasteiger partial charge in [-0.2, -0.15) is 0 Å². The number of benzene rings is 1. The number of carbonyl (C=O) groups excluding carboxylic acids is 1. The molecule has 0 aliphatic carbocycles. The number of carbonyl (C=O) groups is 1. The molecule has 114 valence electrons. The highest BCUT2D eigenvalue weighted by Crippen LogP contribution is 2.32. The maximum absolute atomic E-state index is 12.5. The number of ether oxygens (including phenoxy) is 1. The fourth-order valence-electron chi connectivity index (χ4n) is 2.57. The molecule has 0 unspecified atom stereocenters. The van der Waals surface area contributed by atoms with E-state index in [4.69, 9.17) is 10.5 Å². The van der Waals surface area contributed by atoms with Gasteiger partial charge in [-0.15, -0.1) is 11.3 Å². The van der Waals surface area contributed by atoms with Gasteiger partial charge in [0.2, 0.25) is 0 Å². The van der Waals surface area contributed by atoms with Crippen LogP contribution in [0.1, 0.15) is 6.42 Å². The van der Waals surface area contributed by atoms with Gasteiger partial charge < -0.3 is 15.8 Å². The average Bonchev–Trinajstić information content (AvgIpc) is 3.19. The highest BCUT2D eigenvalue weighted by Gasteiger charge is 2.20. The summed E-state index contributed by atoms with van der Waals surface area (Å²) in [4.78, 5) is 13.6. The van der Waals surface area contributed by atoms with E-state index in [9.17, 15) is 4.79 Å². The molecule has 4 rings (SSSR count). The van der Waals surface area contributed by atoms with E-state index in [1.54, 1.807) is 23.5 Å². The molecule has 2 aliphatic rings. The van der Waals surface area contributed by atoms with Crippen LogP contribution in [0.4, 0.5) is 11.4 Å². The standard InChI is InChI=1S/C18H14N2O2S/c19-15-6-3-11(17-2-1-7-23-17)10-16(15)20-18(21)12-8-13-4-5-14(9-12)22-13/h1-4,6-10H,5,19H2,(H,20,21). The van der Waals surface area contributed by atoms with Crippen LogP contribution in [-0.4, -0.2) is 5.91 Å². The van der Waals surface area contributed by atoms with Crippen molar-refractivity contribution in [1.29, 1.82) is 0 Å². The van der Waals surface area contributed by atoms with Crippen LogP contribution in [-0.2, 0) is 9.53 Å². The minimum Gasteiger partial charge on any atom is -0.462 e. The Morgan fingerprint density at radius 3 is 2.96 bits per heavy atom. The van der Waals surface area contributed by atoms with E-state index in [0.29, 0.717) is 16.9 Å². The molecule has 0 fully saturated rings. The van der Waals surface area contributed by atoms with E-state index in [1.807, 2.05) is 41.8 Å². The van der Waals surface area contributed by atoms with Crippen molar-refractivity contribution >= 4 is 28.6 Å². The highest BCUT2D eigenvalue weighted by molar-refractivity contribution is 7.13. The molecule has 5 heteroatoms. The molecule has 2 aliphatic heterocycles. The van der Waals surface area contributed by atoms with E-state index in [0.717, 1.165) is 28.4 Å². The molecule has 1 aromatic heterocycles. The first-order valence-corrected chi connectivity index (χ1v) is 8.12. The SMILES string of the molecule is Nc1ccc(-c2cccs2)cc1NC(=O)C1=CC2=CCC(=C1)O2. The van der Waals surface area contributed by atoms with E-state index in [-0.39, 0.29) is 5.91 Å². The lowest BCUT2D eigenvalue weighted by Gasteiger charge is -2.13. The average molecular weight is 322 g/mol. The molecule has 2 bridgehead atoms. The van der Waals surface area contributed by atoms with Crippen molar-refractivity contribution in [2.45, 2.75) is 6.42 Å². The molecular formula is C18H14N2O2S.